The second-order valence-corrected chi connectivity index (χ2v) is 7.83. The molecule has 90 valence electrons. The molecular weight excluding hydrogens is 208 g/mol. The van der Waals surface area contributed by atoms with Crippen LogP contribution in [0, 0.1) is 0 Å². The molecule has 1 aliphatic rings. The summed E-state index contributed by atoms with van der Waals surface area (Å²) in [6.07, 6.45) is 7.45. The van der Waals surface area contributed by atoms with Crippen molar-refractivity contribution in [2.24, 2.45) is 0 Å². The third-order valence-electron chi connectivity index (χ3n) is 3.33. The highest BCUT2D eigenvalue weighted by Crippen LogP contribution is 2.22. The van der Waals surface area contributed by atoms with Crippen LogP contribution in [0.2, 0.25) is 6.55 Å². The summed E-state index contributed by atoms with van der Waals surface area (Å²) in [6, 6.07) is 0. The van der Waals surface area contributed by atoms with Gasteiger partial charge in [0.15, 0.2) is 0 Å². The van der Waals surface area contributed by atoms with Crippen molar-refractivity contribution in [2.45, 2.75) is 50.8 Å². The van der Waals surface area contributed by atoms with Crippen LogP contribution in [0.15, 0.2) is 0 Å². The van der Waals surface area contributed by atoms with Gasteiger partial charge in [-0.25, -0.2) is 0 Å². The van der Waals surface area contributed by atoms with Crippen LogP contribution in [0.4, 0.5) is 0 Å². The molecule has 1 atom stereocenters. The van der Waals surface area contributed by atoms with Crippen molar-refractivity contribution < 1.29 is 13.6 Å². The quantitative estimate of drug-likeness (QED) is 0.700. The average molecular weight is 232 g/mol. The van der Waals surface area contributed by atoms with Crippen LogP contribution in [0.3, 0.4) is 0 Å². The molecule has 0 aromatic rings. The van der Waals surface area contributed by atoms with Crippen molar-refractivity contribution in [2.75, 3.05) is 20.8 Å². The summed E-state index contributed by atoms with van der Waals surface area (Å²) in [5, 5.41) is 0. The molecule has 0 aliphatic carbocycles. The van der Waals surface area contributed by atoms with Crippen LogP contribution >= 0.6 is 0 Å². The summed E-state index contributed by atoms with van der Waals surface area (Å²) in [5.74, 6) is 0. The van der Waals surface area contributed by atoms with Crippen LogP contribution in [0.25, 0.3) is 0 Å². The lowest BCUT2D eigenvalue weighted by molar-refractivity contribution is 0.0546. The first-order valence-corrected chi connectivity index (χ1v) is 8.34. The minimum Gasteiger partial charge on any atom is -0.396 e. The predicted molar refractivity (Wildman–Crippen MR) is 63.1 cm³/mol. The average Bonchev–Trinajstić information content (AvgIpc) is 2.41. The van der Waals surface area contributed by atoms with Crippen molar-refractivity contribution in [3.63, 3.8) is 0 Å². The maximum absolute atomic E-state index is 5.92. The molecule has 1 heterocycles. The first kappa shape index (κ1) is 13.2. The van der Waals surface area contributed by atoms with Crippen LogP contribution in [0.5, 0.6) is 0 Å². The van der Waals surface area contributed by atoms with E-state index in [4.69, 9.17) is 13.6 Å². The van der Waals surface area contributed by atoms with Gasteiger partial charge in [0.25, 0.3) is 0 Å². The fraction of sp³-hybridized carbons (Fsp3) is 1.00. The monoisotopic (exact) mass is 232 g/mol. The largest absolute Gasteiger partial charge is 0.396 e. The fourth-order valence-electron chi connectivity index (χ4n) is 2.03. The van der Waals surface area contributed by atoms with Gasteiger partial charge in [0.1, 0.15) is 5.73 Å². The van der Waals surface area contributed by atoms with Crippen LogP contribution in [-0.2, 0) is 13.6 Å². The number of hydrogen-bond donors (Lipinski definition) is 0. The molecular formula is C11H24O3Si. The van der Waals surface area contributed by atoms with Gasteiger partial charge < -0.3 is 13.6 Å². The highest BCUT2D eigenvalue weighted by atomic mass is 28.4. The summed E-state index contributed by atoms with van der Waals surface area (Å²) in [4.78, 5) is 0. The molecule has 1 unspecified atom stereocenters. The fourth-order valence-corrected chi connectivity index (χ4v) is 3.87. The lowest BCUT2D eigenvalue weighted by Crippen LogP contribution is -2.50. The molecule has 3 nitrogen and oxygen atoms in total. The SMILES string of the molecule is CO[Si](C)(OC)C1CCCCCCCO1. The maximum atomic E-state index is 5.92. The van der Waals surface area contributed by atoms with Crippen molar-refractivity contribution in [3.8, 4) is 0 Å². The first-order valence-electron chi connectivity index (χ1n) is 5.95. The van der Waals surface area contributed by atoms with E-state index in [-0.39, 0.29) is 5.73 Å². The van der Waals surface area contributed by atoms with Crippen molar-refractivity contribution in [1.29, 1.82) is 0 Å². The maximum Gasteiger partial charge on any atom is 0.364 e. The second-order valence-electron chi connectivity index (χ2n) is 4.34. The predicted octanol–water partition coefficient (Wildman–Crippen LogP) is 2.63. The van der Waals surface area contributed by atoms with E-state index in [1.165, 1.54) is 32.1 Å². The summed E-state index contributed by atoms with van der Waals surface area (Å²) in [5.41, 5.74) is 0.200. The third-order valence-corrected chi connectivity index (χ3v) is 6.57. The first-order chi connectivity index (χ1) is 7.23. The molecule has 1 rings (SSSR count). The zero-order chi connectivity index (χ0) is 11.1. The molecule has 0 radical (unpaired) electrons. The molecule has 4 heteroatoms. The molecule has 1 fully saturated rings. The zero-order valence-electron chi connectivity index (χ0n) is 10.3. The van der Waals surface area contributed by atoms with Gasteiger partial charge in [0.2, 0.25) is 0 Å². The zero-order valence-corrected chi connectivity index (χ0v) is 11.3. The molecule has 1 aliphatic heterocycles. The minimum absolute atomic E-state index is 0.200. The minimum atomic E-state index is -2.10. The van der Waals surface area contributed by atoms with Gasteiger partial charge in [0, 0.05) is 20.8 Å². The molecule has 0 aromatic heterocycles. The molecule has 15 heavy (non-hydrogen) atoms. The molecule has 0 amide bonds. The lowest BCUT2D eigenvalue weighted by Gasteiger charge is -2.31. The Morgan fingerprint density at radius 1 is 1.00 bits per heavy atom. The van der Waals surface area contributed by atoms with Gasteiger partial charge in [-0.2, -0.15) is 0 Å². The van der Waals surface area contributed by atoms with Crippen molar-refractivity contribution >= 4 is 8.56 Å². The summed E-state index contributed by atoms with van der Waals surface area (Å²) >= 11 is 0. The van der Waals surface area contributed by atoms with E-state index in [0.29, 0.717) is 0 Å². The molecule has 1 saturated heterocycles. The van der Waals surface area contributed by atoms with Crippen molar-refractivity contribution in [1.82, 2.24) is 0 Å². The Balaban J connectivity index is 2.54. The van der Waals surface area contributed by atoms with Gasteiger partial charge in [0.05, 0.1) is 0 Å². The van der Waals surface area contributed by atoms with E-state index in [0.717, 1.165) is 13.0 Å². The molecule has 0 bridgehead atoms. The lowest BCUT2D eigenvalue weighted by atomic mass is 10.1. The van der Waals surface area contributed by atoms with Gasteiger partial charge in [-0.1, -0.05) is 25.7 Å². The van der Waals surface area contributed by atoms with Gasteiger partial charge in [-0.05, 0) is 19.4 Å². The van der Waals surface area contributed by atoms with E-state index in [2.05, 4.69) is 6.55 Å². The molecule has 0 spiro atoms. The highest BCUT2D eigenvalue weighted by Gasteiger charge is 2.40. The smallest absolute Gasteiger partial charge is 0.364 e. The Hall–Kier alpha value is 0.0969. The van der Waals surface area contributed by atoms with Crippen LogP contribution in [0.1, 0.15) is 38.5 Å². The van der Waals surface area contributed by atoms with Crippen LogP contribution in [-0.4, -0.2) is 35.1 Å². The van der Waals surface area contributed by atoms with Gasteiger partial charge in [-0.15, -0.1) is 0 Å². The van der Waals surface area contributed by atoms with E-state index in [1.54, 1.807) is 14.2 Å². The van der Waals surface area contributed by atoms with E-state index < -0.39 is 8.56 Å². The standard InChI is InChI=1S/C11H24O3Si/c1-12-15(3,13-2)11-9-7-5-4-6-8-10-14-11/h11H,4-10H2,1-3H3. The number of rotatable bonds is 3. The second kappa shape index (κ2) is 6.63. The summed E-state index contributed by atoms with van der Waals surface area (Å²) in [7, 11) is 1.39. The molecule has 0 N–H and O–H groups in total. The van der Waals surface area contributed by atoms with E-state index >= 15 is 0 Å². The number of hydrogen-bond acceptors (Lipinski definition) is 3. The van der Waals surface area contributed by atoms with E-state index in [1.807, 2.05) is 0 Å². The van der Waals surface area contributed by atoms with Gasteiger partial charge in [-0.3, -0.25) is 0 Å². The molecule has 0 saturated carbocycles. The topological polar surface area (TPSA) is 27.7 Å². The van der Waals surface area contributed by atoms with Gasteiger partial charge >= 0.3 is 8.56 Å². The Morgan fingerprint density at radius 3 is 2.27 bits per heavy atom. The summed E-state index contributed by atoms with van der Waals surface area (Å²) in [6.45, 7) is 2.95. The Morgan fingerprint density at radius 2 is 1.60 bits per heavy atom. The Labute approximate surface area is 94.4 Å². The van der Waals surface area contributed by atoms with Crippen LogP contribution < -0.4 is 0 Å². The third kappa shape index (κ3) is 3.87. The van der Waals surface area contributed by atoms with E-state index in [9.17, 15) is 0 Å². The highest BCUT2D eigenvalue weighted by molar-refractivity contribution is 6.67. The summed E-state index contributed by atoms with van der Waals surface area (Å²) < 4.78 is 17.0. The Bertz CT molecular complexity index is 161. The Kier molecular flexibility index (Phi) is 5.82. The van der Waals surface area contributed by atoms with Crippen molar-refractivity contribution in [3.05, 3.63) is 0 Å². The molecule has 0 aromatic carbocycles. The normalized spacial score (nSPS) is 25.4. The number of ether oxygens (including phenoxy) is 1.